The molecule has 0 radical (unpaired) electrons. The number of hydrogen-bond acceptors (Lipinski definition) is 2. The second kappa shape index (κ2) is 19.0. The van der Waals surface area contributed by atoms with Crippen LogP contribution in [-0.4, -0.2) is 5.97 Å². The predicted molar refractivity (Wildman–Crippen MR) is 100 cm³/mol. The van der Waals surface area contributed by atoms with Crippen LogP contribution in [0.3, 0.4) is 0 Å². The number of carbonyl (C=O) groups is 1. The lowest BCUT2D eigenvalue weighted by molar-refractivity contribution is -0.138. The van der Waals surface area contributed by atoms with Crippen LogP contribution in [0.25, 0.3) is 0 Å². The third-order valence-corrected chi connectivity index (χ3v) is 3.95. The maximum absolute atomic E-state index is 11.1. The minimum absolute atomic E-state index is 0.150. The Hall–Kier alpha value is -1.05. The molecule has 0 bridgehead atoms. The molecule has 134 valence electrons. The Morgan fingerprint density at radius 3 is 1.87 bits per heavy atom. The van der Waals surface area contributed by atoms with Crippen molar-refractivity contribution >= 4 is 5.97 Å². The summed E-state index contributed by atoms with van der Waals surface area (Å²) in [5.74, 6) is -0.150. The molecule has 0 heterocycles. The van der Waals surface area contributed by atoms with Crippen LogP contribution in [0.1, 0.15) is 104 Å². The maximum atomic E-state index is 11.1. The average Bonchev–Trinajstić information content (AvgIpc) is 2.54. The SMILES string of the molecule is CCCCCCCCCCCCCC=CC=COC(=O)CCC. The van der Waals surface area contributed by atoms with Gasteiger partial charge in [-0.25, -0.2) is 0 Å². The second-order valence-electron chi connectivity index (χ2n) is 6.32. The lowest BCUT2D eigenvalue weighted by Gasteiger charge is -2.01. The number of rotatable bonds is 16. The van der Waals surface area contributed by atoms with Crippen LogP contribution in [0.15, 0.2) is 24.5 Å². The molecule has 0 aliphatic rings. The molecule has 2 nitrogen and oxygen atoms in total. The summed E-state index contributed by atoms with van der Waals surface area (Å²) in [5, 5.41) is 0. The Bertz CT molecular complexity index is 305. The van der Waals surface area contributed by atoms with Crippen molar-refractivity contribution in [3.63, 3.8) is 0 Å². The Morgan fingerprint density at radius 1 is 0.739 bits per heavy atom. The first-order chi connectivity index (χ1) is 11.3. The van der Waals surface area contributed by atoms with Crippen molar-refractivity contribution < 1.29 is 9.53 Å². The summed E-state index contributed by atoms with van der Waals surface area (Å²) in [6.07, 6.45) is 25.1. The van der Waals surface area contributed by atoms with Crippen molar-refractivity contribution in [2.75, 3.05) is 0 Å². The van der Waals surface area contributed by atoms with E-state index >= 15 is 0 Å². The first-order valence-electron chi connectivity index (χ1n) is 9.82. The molecule has 0 atom stereocenters. The van der Waals surface area contributed by atoms with E-state index in [1.807, 2.05) is 13.0 Å². The number of allylic oxidation sites excluding steroid dienone is 3. The zero-order chi connectivity index (χ0) is 17.0. The maximum Gasteiger partial charge on any atom is 0.310 e. The molecule has 0 spiro atoms. The monoisotopic (exact) mass is 322 g/mol. The molecular weight excluding hydrogens is 284 g/mol. The smallest absolute Gasteiger partial charge is 0.310 e. The summed E-state index contributed by atoms with van der Waals surface area (Å²) in [4.78, 5) is 11.1. The van der Waals surface area contributed by atoms with Gasteiger partial charge in [0.1, 0.15) is 0 Å². The van der Waals surface area contributed by atoms with Gasteiger partial charge in [0.15, 0.2) is 0 Å². The van der Waals surface area contributed by atoms with Gasteiger partial charge in [0.2, 0.25) is 0 Å². The number of hydrogen-bond donors (Lipinski definition) is 0. The normalized spacial score (nSPS) is 11.6. The van der Waals surface area contributed by atoms with Gasteiger partial charge in [0.25, 0.3) is 0 Å². The first-order valence-corrected chi connectivity index (χ1v) is 9.82. The summed E-state index contributed by atoms with van der Waals surface area (Å²) in [6.45, 7) is 4.24. The average molecular weight is 323 g/mol. The molecule has 0 aromatic carbocycles. The summed E-state index contributed by atoms with van der Waals surface area (Å²) in [7, 11) is 0. The van der Waals surface area contributed by atoms with E-state index in [2.05, 4.69) is 13.0 Å². The van der Waals surface area contributed by atoms with Gasteiger partial charge in [-0.1, -0.05) is 90.2 Å². The lowest BCUT2D eigenvalue weighted by atomic mass is 10.1. The van der Waals surface area contributed by atoms with Gasteiger partial charge in [-0.3, -0.25) is 4.79 Å². The molecule has 0 aliphatic carbocycles. The largest absolute Gasteiger partial charge is 0.434 e. The van der Waals surface area contributed by atoms with Crippen molar-refractivity contribution in [2.24, 2.45) is 0 Å². The highest BCUT2D eigenvalue weighted by molar-refractivity contribution is 5.69. The van der Waals surface area contributed by atoms with Gasteiger partial charge in [-0.2, -0.15) is 0 Å². The summed E-state index contributed by atoms with van der Waals surface area (Å²) < 4.78 is 4.93. The quantitative estimate of drug-likeness (QED) is 0.131. The van der Waals surface area contributed by atoms with E-state index < -0.39 is 0 Å². The van der Waals surface area contributed by atoms with Gasteiger partial charge in [0, 0.05) is 6.42 Å². The van der Waals surface area contributed by atoms with Gasteiger partial charge < -0.3 is 4.74 Å². The molecule has 0 rings (SSSR count). The van der Waals surface area contributed by atoms with Crippen LogP contribution in [0, 0.1) is 0 Å². The zero-order valence-corrected chi connectivity index (χ0v) is 15.5. The first kappa shape index (κ1) is 21.9. The highest BCUT2D eigenvalue weighted by Crippen LogP contribution is 2.11. The van der Waals surface area contributed by atoms with Gasteiger partial charge in [0.05, 0.1) is 6.26 Å². The minimum Gasteiger partial charge on any atom is -0.434 e. The molecule has 0 aromatic rings. The van der Waals surface area contributed by atoms with Crippen LogP contribution >= 0.6 is 0 Å². The van der Waals surface area contributed by atoms with Crippen LogP contribution in [-0.2, 0) is 9.53 Å². The topological polar surface area (TPSA) is 26.3 Å². The van der Waals surface area contributed by atoms with Crippen LogP contribution in [0.2, 0.25) is 0 Å². The van der Waals surface area contributed by atoms with Crippen molar-refractivity contribution in [3.8, 4) is 0 Å². The zero-order valence-electron chi connectivity index (χ0n) is 15.5. The van der Waals surface area contributed by atoms with E-state index in [9.17, 15) is 4.79 Å². The summed E-state index contributed by atoms with van der Waals surface area (Å²) in [6, 6.07) is 0. The molecule has 23 heavy (non-hydrogen) atoms. The Kier molecular flexibility index (Phi) is 18.1. The standard InChI is InChI=1S/C21H38O2/c1-3-5-6-7-8-9-10-11-12-13-14-15-16-17-18-20-23-21(22)19-4-2/h16-18,20H,3-15,19H2,1-2H3. The van der Waals surface area contributed by atoms with E-state index in [0.717, 1.165) is 12.8 Å². The van der Waals surface area contributed by atoms with E-state index in [-0.39, 0.29) is 5.97 Å². The fraction of sp³-hybridized carbons (Fsp3) is 0.762. The number of ether oxygens (including phenoxy) is 1. The highest BCUT2D eigenvalue weighted by atomic mass is 16.5. The lowest BCUT2D eigenvalue weighted by Crippen LogP contribution is -1.97. The van der Waals surface area contributed by atoms with Crippen molar-refractivity contribution in [3.05, 3.63) is 24.5 Å². The molecule has 0 saturated heterocycles. The summed E-state index contributed by atoms with van der Waals surface area (Å²) in [5.41, 5.74) is 0. The third kappa shape index (κ3) is 18.9. The van der Waals surface area contributed by atoms with Crippen molar-refractivity contribution in [1.82, 2.24) is 0 Å². The Labute approximate surface area is 144 Å². The van der Waals surface area contributed by atoms with E-state index in [0.29, 0.717) is 6.42 Å². The fourth-order valence-electron chi connectivity index (χ4n) is 2.52. The van der Waals surface area contributed by atoms with Gasteiger partial charge >= 0.3 is 5.97 Å². The Balaban J connectivity index is 3.22. The molecule has 0 amide bonds. The molecule has 0 fully saturated rings. The molecule has 0 aromatic heterocycles. The van der Waals surface area contributed by atoms with E-state index in [1.54, 1.807) is 6.08 Å². The van der Waals surface area contributed by atoms with Crippen LogP contribution in [0.5, 0.6) is 0 Å². The minimum atomic E-state index is -0.150. The van der Waals surface area contributed by atoms with Crippen LogP contribution < -0.4 is 0 Å². The number of esters is 1. The number of unbranched alkanes of at least 4 members (excludes halogenated alkanes) is 11. The third-order valence-electron chi connectivity index (χ3n) is 3.95. The molecule has 0 saturated carbocycles. The van der Waals surface area contributed by atoms with E-state index in [4.69, 9.17) is 4.74 Å². The predicted octanol–water partition coefficient (Wildman–Crippen LogP) is 7.10. The number of carbonyl (C=O) groups excluding carboxylic acids is 1. The van der Waals surface area contributed by atoms with Gasteiger partial charge in [-0.15, -0.1) is 0 Å². The molecule has 2 heteroatoms. The second-order valence-corrected chi connectivity index (χ2v) is 6.32. The molecule has 0 unspecified atom stereocenters. The van der Waals surface area contributed by atoms with E-state index in [1.165, 1.54) is 76.9 Å². The van der Waals surface area contributed by atoms with Crippen LogP contribution in [0.4, 0.5) is 0 Å². The fourth-order valence-corrected chi connectivity index (χ4v) is 2.52. The van der Waals surface area contributed by atoms with Crippen molar-refractivity contribution in [1.29, 1.82) is 0 Å². The molecule has 0 aliphatic heterocycles. The Morgan fingerprint density at radius 2 is 1.30 bits per heavy atom. The van der Waals surface area contributed by atoms with Gasteiger partial charge in [-0.05, 0) is 25.3 Å². The summed E-state index contributed by atoms with van der Waals surface area (Å²) >= 11 is 0. The molecule has 0 N–H and O–H groups in total. The molecular formula is C21H38O2. The highest BCUT2D eigenvalue weighted by Gasteiger charge is 1.95. The van der Waals surface area contributed by atoms with Crippen molar-refractivity contribution in [2.45, 2.75) is 104 Å².